The molecule has 0 saturated carbocycles. The molecule has 0 aromatic carbocycles. The lowest BCUT2D eigenvalue weighted by Gasteiger charge is -2.37. The van der Waals surface area contributed by atoms with Crippen LogP contribution in [0.4, 0.5) is 0 Å². The maximum atomic E-state index is 9.33. The molecule has 0 bridgehead atoms. The van der Waals surface area contributed by atoms with Crippen LogP contribution in [-0.2, 0) is 9.47 Å². The molecule has 1 fully saturated rings. The fourth-order valence-corrected chi connectivity index (χ4v) is 1.23. The zero-order valence-electron chi connectivity index (χ0n) is 7.20. The average molecular weight is 194 g/mol. The van der Waals surface area contributed by atoms with Gasteiger partial charge in [-0.1, -0.05) is 0 Å². The number of aliphatic hydroxyl groups is 4. The SMILES string of the molecule is COC[C@H]1O[C@@H](O)[C@H](O)[C@@H](O)[C@H]1O. The molecular weight excluding hydrogens is 180 g/mol. The van der Waals surface area contributed by atoms with Crippen LogP contribution in [0.2, 0.25) is 0 Å². The molecule has 0 amide bonds. The van der Waals surface area contributed by atoms with E-state index in [2.05, 4.69) is 0 Å². The van der Waals surface area contributed by atoms with E-state index in [-0.39, 0.29) is 6.61 Å². The first-order chi connectivity index (χ1) is 6.07. The Hall–Kier alpha value is -0.240. The van der Waals surface area contributed by atoms with Crippen molar-refractivity contribution in [2.45, 2.75) is 30.7 Å². The minimum absolute atomic E-state index is 0.0437. The number of rotatable bonds is 2. The van der Waals surface area contributed by atoms with Gasteiger partial charge in [0.05, 0.1) is 6.61 Å². The third-order valence-corrected chi connectivity index (χ3v) is 2.02. The Balaban J connectivity index is 2.59. The summed E-state index contributed by atoms with van der Waals surface area (Å²) in [5.41, 5.74) is 0. The highest BCUT2D eigenvalue weighted by molar-refractivity contribution is 4.88. The number of methoxy groups -OCH3 is 1. The summed E-state index contributed by atoms with van der Waals surface area (Å²) in [7, 11) is 1.40. The molecule has 0 spiro atoms. The number of hydrogen-bond acceptors (Lipinski definition) is 6. The molecule has 6 heteroatoms. The highest BCUT2D eigenvalue weighted by Gasteiger charge is 2.42. The maximum Gasteiger partial charge on any atom is 0.184 e. The van der Waals surface area contributed by atoms with E-state index in [1.807, 2.05) is 0 Å². The van der Waals surface area contributed by atoms with Crippen molar-refractivity contribution in [3.63, 3.8) is 0 Å². The van der Waals surface area contributed by atoms with Gasteiger partial charge in [0.25, 0.3) is 0 Å². The molecule has 5 atom stereocenters. The van der Waals surface area contributed by atoms with Crippen LogP contribution in [0.3, 0.4) is 0 Å². The summed E-state index contributed by atoms with van der Waals surface area (Å²) in [5, 5.41) is 36.7. The topological polar surface area (TPSA) is 99.4 Å². The Bertz CT molecular complexity index is 163. The number of aliphatic hydroxyl groups excluding tert-OH is 4. The summed E-state index contributed by atoms with van der Waals surface area (Å²) in [6.45, 7) is 0.0437. The zero-order valence-corrected chi connectivity index (χ0v) is 7.20. The molecule has 4 N–H and O–H groups in total. The van der Waals surface area contributed by atoms with Gasteiger partial charge < -0.3 is 29.9 Å². The van der Waals surface area contributed by atoms with Crippen molar-refractivity contribution in [3.8, 4) is 0 Å². The fourth-order valence-electron chi connectivity index (χ4n) is 1.23. The second-order valence-electron chi connectivity index (χ2n) is 2.99. The number of hydrogen-bond donors (Lipinski definition) is 4. The van der Waals surface area contributed by atoms with Gasteiger partial charge in [0.1, 0.15) is 24.4 Å². The Labute approximate surface area is 75.3 Å². The molecular formula is C7H14O6. The quantitative estimate of drug-likeness (QED) is 0.386. The van der Waals surface area contributed by atoms with E-state index in [0.717, 1.165) is 0 Å². The van der Waals surface area contributed by atoms with Gasteiger partial charge in [-0.3, -0.25) is 0 Å². The third kappa shape index (κ3) is 2.16. The Morgan fingerprint density at radius 1 is 1.08 bits per heavy atom. The predicted molar refractivity (Wildman–Crippen MR) is 40.8 cm³/mol. The average Bonchev–Trinajstić information content (AvgIpc) is 2.11. The lowest BCUT2D eigenvalue weighted by Crippen LogP contribution is -2.58. The summed E-state index contributed by atoms with van der Waals surface area (Å²) >= 11 is 0. The second-order valence-corrected chi connectivity index (χ2v) is 2.99. The van der Waals surface area contributed by atoms with E-state index in [0.29, 0.717) is 0 Å². The summed E-state index contributed by atoms with van der Waals surface area (Å²) in [5.74, 6) is 0. The minimum Gasteiger partial charge on any atom is -0.387 e. The normalized spacial score (nSPS) is 46.4. The van der Waals surface area contributed by atoms with Gasteiger partial charge in [-0.25, -0.2) is 0 Å². The first kappa shape index (κ1) is 10.8. The lowest BCUT2D eigenvalue weighted by atomic mass is 9.99. The molecule has 0 aromatic rings. The molecule has 0 radical (unpaired) electrons. The standard InChI is InChI=1S/C7H14O6/c1-12-2-3-4(8)5(9)6(10)7(11)13-3/h3-11H,2H2,1H3/t3-,4+,5+,6-,7-/m1/s1. The molecule has 0 aliphatic carbocycles. The molecule has 1 aliphatic heterocycles. The molecule has 6 nitrogen and oxygen atoms in total. The zero-order chi connectivity index (χ0) is 10.0. The summed E-state index contributed by atoms with van der Waals surface area (Å²) in [6, 6.07) is 0. The molecule has 13 heavy (non-hydrogen) atoms. The van der Waals surface area contributed by atoms with Crippen molar-refractivity contribution in [1.82, 2.24) is 0 Å². The molecule has 1 heterocycles. The third-order valence-electron chi connectivity index (χ3n) is 2.02. The molecule has 0 aromatic heterocycles. The lowest BCUT2D eigenvalue weighted by molar-refractivity contribution is -0.287. The summed E-state index contributed by atoms with van der Waals surface area (Å²) < 4.78 is 9.49. The van der Waals surface area contributed by atoms with Crippen molar-refractivity contribution in [3.05, 3.63) is 0 Å². The monoisotopic (exact) mass is 194 g/mol. The van der Waals surface area contributed by atoms with Crippen LogP contribution < -0.4 is 0 Å². The first-order valence-electron chi connectivity index (χ1n) is 3.94. The van der Waals surface area contributed by atoms with Crippen LogP contribution in [0.15, 0.2) is 0 Å². The predicted octanol–water partition coefficient (Wildman–Crippen LogP) is -2.57. The van der Waals surface area contributed by atoms with Crippen molar-refractivity contribution < 1.29 is 29.9 Å². The van der Waals surface area contributed by atoms with Crippen LogP contribution in [0.1, 0.15) is 0 Å². The van der Waals surface area contributed by atoms with Gasteiger partial charge in [-0.2, -0.15) is 0 Å². The Morgan fingerprint density at radius 2 is 1.69 bits per heavy atom. The van der Waals surface area contributed by atoms with Crippen LogP contribution in [0, 0.1) is 0 Å². The van der Waals surface area contributed by atoms with Crippen LogP contribution in [0.5, 0.6) is 0 Å². The molecule has 0 unspecified atom stereocenters. The Morgan fingerprint density at radius 3 is 2.23 bits per heavy atom. The van der Waals surface area contributed by atoms with Crippen LogP contribution in [0.25, 0.3) is 0 Å². The molecule has 78 valence electrons. The van der Waals surface area contributed by atoms with Gasteiger partial charge in [-0.15, -0.1) is 0 Å². The minimum atomic E-state index is -1.49. The van der Waals surface area contributed by atoms with E-state index >= 15 is 0 Å². The summed E-state index contributed by atoms with van der Waals surface area (Å²) in [6.07, 6.45) is -6.46. The molecule has 1 saturated heterocycles. The van der Waals surface area contributed by atoms with Crippen molar-refractivity contribution in [2.24, 2.45) is 0 Å². The van der Waals surface area contributed by atoms with E-state index in [1.54, 1.807) is 0 Å². The van der Waals surface area contributed by atoms with Crippen LogP contribution >= 0.6 is 0 Å². The van der Waals surface area contributed by atoms with Crippen molar-refractivity contribution in [1.29, 1.82) is 0 Å². The smallest absolute Gasteiger partial charge is 0.184 e. The van der Waals surface area contributed by atoms with E-state index in [9.17, 15) is 10.2 Å². The van der Waals surface area contributed by atoms with Gasteiger partial charge in [0.15, 0.2) is 6.29 Å². The molecule has 1 rings (SSSR count). The maximum absolute atomic E-state index is 9.33. The highest BCUT2D eigenvalue weighted by atomic mass is 16.6. The van der Waals surface area contributed by atoms with E-state index in [4.69, 9.17) is 19.7 Å². The van der Waals surface area contributed by atoms with Gasteiger partial charge in [0.2, 0.25) is 0 Å². The largest absolute Gasteiger partial charge is 0.387 e. The van der Waals surface area contributed by atoms with Crippen molar-refractivity contribution >= 4 is 0 Å². The van der Waals surface area contributed by atoms with Gasteiger partial charge in [0, 0.05) is 7.11 Å². The molecule has 1 aliphatic rings. The number of ether oxygens (including phenoxy) is 2. The highest BCUT2D eigenvalue weighted by Crippen LogP contribution is 2.19. The van der Waals surface area contributed by atoms with E-state index < -0.39 is 30.7 Å². The fraction of sp³-hybridized carbons (Fsp3) is 1.00. The van der Waals surface area contributed by atoms with E-state index in [1.165, 1.54) is 7.11 Å². The Kier molecular flexibility index (Phi) is 3.60. The van der Waals surface area contributed by atoms with Gasteiger partial charge in [-0.05, 0) is 0 Å². The van der Waals surface area contributed by atoms with Gasteiger partial charge >= 0.3 is 0 Å². The van der Waals surface area contributed by atoms with Crippen LogP contribution in [-0.4, -0.2) is 64.8 Å². The second kappa shape index (κ2) is 4.32. The van der Waals surface area contributed by atoms with Crippen molar-refractivity contribution in [2.75, 3.05) is 13.7 Å². The first-order valence-corrected chi connectivity index (χ1v) is 3.94. The summed E-state index contributed by atoms with van der Waals surface area (Å²) in [4.78, 5) is 0.